The Balaban J connectivity index is 3.85. The van der Waals surface area contributed by atoms with E-state index in [0.717, 1.165) is 0 Å². The summed E-state index contributed by atoms with van der Waals surface area (Å²) in [6.07, 6.45) is -0.324. The lowest BCUT2D eigenvalue weighted by Gasteiger charge is -2.08. The Labute approximate surface area is 54.5 Å². The zero-order chi connectivity index (χ0) is 7.49. The SMILES string of the molecule is CCCC(F)(F)S(=O)O. The predicted octanol–water partition coefficient (Wildman–Crippen LogP) is 1.60. The maximum absolute atomic E-state index is 12.0. The minimum absolute atomic E-state index is 0.208. The van der Waals surface area contributed by atoms with Crippen LogP contribution >= 0.6 is 0 Å². The third-order valence-corrected chi connectivity index (χ3v) is 1.51. The first kappa shape index (κ1) is 8.97. The van der Waals surface area contributed by atoms with Crippen molar-refractivity contribution in [2.45, 2.75) is 25.0 Å². The van der Waals surface area contributed by atoms with Crippen molar-refractivity contribution in [2.75, 3.05) is 0 Å². The highest BCUT2D eigenvalue weighted by Gasteiger charge is 2.34. The molecule has 0 aromatic carbocycles. The molecular formula is C4H8F2O2S. The van der Waals surface area contributed by atoms with E-state index in [1.54, 1.807) is 0 Å². The van der Waals surface area contributed by atoms with E-state index in [9.17, 15) is 13.0 Å². The second-order valence-corrected chi connectivity index (χ2v) is 2.73. The van der Waals surface area contributed by atoms with Crippen LogP contribution in [0.5, 0.6) is 0 Å². The molecule has 0 saturated heterocycles. The van der Waals surface area contributed by atoms with Gasteiger partial charge in [-0.2, -0.15) is 8.78 Å². The fourth-order valence-electron chi connectivity index (χ4n) is 0.378. The van der Waals surface area contributed by atoms with E-state index in [1.807, 2.05) is 0 Å². The van der Waals surface area contributed by atoms with Gasteiger partial charge in [0.1, 0.15) is 0 Å². The van der Waals surface area contributed by atoms with Crippen molar-refractivity contribution in [2.24, 2.45) is 0 Å². The van der Waals surface area contributed by atoms with E-state index in [1.165, 1.54) is 6.92 Å². The minimum Gasteiger partial charge on any atom is -0.301 e. The Morgan fingerprint density at radius 1 is 1.67 bits per heavy atom. The normalized spacial score (nSPS) is 15.6. The van der Waals surface area contributed by atoms with E-state index >= 15 is 0 Å². The summed E-state index contributed by atoms with van der Waals surface area (Å²) >= 11 is -3.01. The Morgan fingerprint density at radius 3 is 2.22 bits per heavy atom. The lowest BCUT2D eigenvalue weighted by atomic mass is 10.3. The molecule has 0 spiro atoms. The fourth-order valence-corrected chi connectivity index (χ4v) is 0.757. The fraction of sp³-hybridized carbons (Fsp3) is 1.00. The topological polar surface area (TPSA) is 37.3 Å². The van der Waals surface area contributed by atoms with Gasteiger partial charge in [0, 0.05) is 6.42 Å². The van der Waals surface area contributed by atoms with E-state index in [0.29, 0.717) is 0 Å². The first-order chi connectivity index (χ1) is 4.00. The van der Waals surface area contributed by atoms with Crippen LogP contribution in [0, 0.1) is 0 Å². The summed E-state index contributed by atoms with van der Waals surface area (Å²) in [5.74, 6) is 0. The molecule has 0 fully saturated rings. The van der Waals surface area contributed by atoms with Crippen molar-refractivity contribution in [1.82, 2.24) is 0 Å². The molecule has 9 heavy (non-hydrogen) atoms. The molecule has 0 aliphatic carbocycles. The number of rotatable bonds is 3. The summed E-state index contributed by atoms with van der Waals surface area (Å²) in [6, 6.07) is 0. The standard InChI is InChI=1S/C4H8F2O2S/c1-2-3-4(5,6)9(7)8/h2-3H2,1H3,(H,7,8). The van der Waals surface area contributed by atoms with Crippen molar-refractivity contribution in [1.29, 1.82) is 0 Å². The number of halogens is 2. The number of hydrogen-bond acceptors (Lipinski definition) is 1. The molecule has 1 N–H and O–H groups in total. The maximum Gasteiger partial charge on any atom is 0.345 e. The molecule has 0 aliphatic rings. The molecule has 0 rings (SSSR count). The first-order valence-electron chi connectivity index (χ1n) is 2.49. The van der Waals surface area contributed by atoms with E-state index in [-0.39, 0.29) is 6.42 Å². The van der Waals surface area contributed by atoms with Crippen molar-refractivity contribution in [3.05, 3.63) is 0 Å². The lowest BCUT2D eigenvalue weighted by Crippen LogP contribution is -2.21. The summed E-state index contributed by atoms with van der Waals surface area (Å²) in [5.41, 5.74) is 0. The molecule has 0 bridgehead atoms. The molecule has 0 aromatic heterocycles. The second kappa shape index (κ2) is 3.22. The average Bonchev–Trinajstić information content (AvgIpc) is 1.65. The molecule has 0 aliphatic heterocycles. The molecule has 5 heteroatoms. The molecule has 0 heterocycles. The molecule has 1 unspecified atom stereocenters. The summed E-state index contributed by atoms with van der Waals surface area (Å²) < 4.78 is 41.7. The third-order valence-electron chi connectivity index (χ3n) is 0.797. The monoisotopic (exact) mass is 158 g/mol. The minimum atomic E-state index is -3.42. The van der Waals surface area contributed by atoms with Crippen LogP contribution in [0.25, 0.3) is 0 Å². The molecule has 0 radical (unpaired) electrons. The molecule has 2 nitrogen and oxygen atoms in total. The van der Waals surface area contributed by atoms with Gasteiger partial charge in [-0.15, -0.1) is 0 Å². The quantitative estimate of drug-likeness (QED) is 0.633. The van der Waals surface area contributed by atoms with Gasteiger partial charge in [0.15, 0.2) is 0 Å². The van der Waals surface area contributed by atoms with Crippen LogP contribution < -0.4 is 0 Å². The highest BCUT2D eigenvalue weighted by atomic mass is 32.2. The lowest BCUT2D eigenvalue weighted by molar-refractivity contribution is 0.0795. The van der Waals surface area contributed by atoms with Gasteiger partial charge in [0.25, 0.3) is 0 Å². The van der Waals surface area contributed by atoms with Gasteiger partial charge in [-0.1, -0.05) is 6.92 Å². The van der Waals surface area contributed by atoms with E-state index in [2.05, 4.69) is 0 Å². The molecule has 0 saturated carbocycles. The third kappa shape index (κ3) is 2.86. The Bertz CT molecular complexity index is 115. The molecule has 1 atom stereocenters. The van der Waals surface area contributed by atoms with Crippen LogP contribution in [0.4, 0.5) is 8.78 Å². The Hall–Kier alpha value is -0.0300. The predicted molar refractivity (Wildman–Crippen MR) is 30.6 cm³/mol. The highest BCUT2D eigenvalue weighted by Crippen LogP contribution is 2.22. The zero-order valence-electron chi connectivity index (χ0n) is 4.93. The van der Waals surface area contributed by atoms with E-state index in [4.69, 9.17) is 4.55 Å². The van der Waals surface area contributed by atoms with Crippen LogP contribution in [0.2, 0.25) is 0 Å². The van der Waals surface area contributed by atoms with Gasteiger partial charge in [0.2, 0.25) is 11.1 Å². The van der Waals surface area contributed by atoms with Crippen molar-refractivity contribution < 1.29 is 17.5 Å². The first-order valence-corrected chi connectivity index (χ1v) is 3.60. The maximum atomic E-state index is 12.0. The van der Waals surface area contributed by atoms with Gasteiger partial charge < -0.3 is 4.55 Å². The van der Waals surface area contributed by atoms with Gasteiger partial charge in [-0.25, -0.2) is 4.21 Å². The van der Waals surface area contributed by atoms with Crippen molar-refractivity contribution >= 4 is 11.1 Å². The van der Waals surface area contributed by atoms with Gasteiger partial charge >= 0.3 is 5.25 Å². The van der Waals surface area contributed by atoms with Crippen molar-refractivity contribution in [3.8, 4) is 0 Å². The van der Waals surface area contributed by atoms with Crippen molar-refractivity contribution in [3.63, 3.8) is 0 Å². The highest BCUT2D eigenvalue weighted by molar-refractivity contribution is 7.80. The summed E-state index contributed by atoms with van der Waals surface area (Å²) in [7, 11) is 0. The molecule has 0 aromatic rings. The summed E-state index contributed by atoms with van der Waals surface area (Å²) in [5, 5.41) is -3.42. The number of hydrogen-bond donors (Lipinski definition) is 1. The summed E-state index contributed by atoms with van der Waals surface area (Å²) in [6.45, 7) is 1.53. The van der Waals surface area contributed by atoms with Crippen LogP contribution in [-0.2, 0) is 11.1 Å². The second-order valence-electron chi connectivity index (χ2n) is 1.64. The van der Waals surface area contributed by atoms with Crippen LogP contribution in [-0.4, -0.2) is 14.0 Å². The van der Waals surface area contributed by atoms with Crippen LogP contribution in [0.3, 0.4) is 0 Å². The smallest absolute Gasteiger partial charge is 0.301 e. The molecule has 56 valence electrons. The molecule has 0 amide bonds. The largest absolute Gasteiger partial charge is 0.345 e. The summed E-state index contributed by atoms with van der Waals surface area (Å²) in [4.78, 5) is 0. The van der Waals surface area contributed by atoms with E-state index < -0.39 is 22.8 Å². The Morgan fingerprint density at radius 2 is 2.11 bits per heavy atom. The average molecular weight is 158 g/mol. The van der Waals surface area contributed by atoms with Gasteiger partial charge in [0.05, 0.1) is 0 Å². The van der Waals surface area contributed by atoms with Gasteiger partial charge in [-0.05, 0) is 6.42 Å². The van der Waals surface area contributed by atoms with Crippen LogP contribution in [0.15, 0.2) is 0 Å². The van der Waals surface area contributed by atoms with Gasteiger partial charge in [-0.3, -0.25) is 0 Å². The number of alkyl halides is 2. The van der Waals surface area contributed by atoms with Crippen LogP contribution in [0.1, 0.15) is 19.8 Å². The molecular weight excluding hydrogens is 150 g/mol. The zero-order valence-corrected chi connectivity index (χ0v) is 5.75. The Kier molecular flexibility index (Phi) is 3.21.